The molecule has 0 atom stereocenters. The first-order valence-electron chi connectivity index (χ1n) is 4.82. The van der Waals surface area contributed by atoms with Crippen molar-refractivity contribution in [2.75, 3.05) is 6.54 Å². The summed E-state index contributed by atoms with van der Waals surface area (Å²) >= 11 is 0.958. The number of hydrogen-bond acceptors (Lipinski definition) is 5. The van der Waals surface area contributed by atoms with Crippen LogP contribution in [0.4, 0.5) is 0 Å². The summed E-state index contributed by atoms with van der Waals surface area (Å²) in [5.74, 6) is -1.19. The highest BCUT2D eigenvalue weighted by Crippen LogP contribution is 2.07. The van der Waals surface area contributed by atoms with Crippen molar-refractivity contribution in [1.29, 1.82) is 0 Å². The van der Waals surface area contributed by atoms with Gasteiger partial charge in [-0.25, -0.2) is 0 Å². The summed E-state index contributed by atoms with van der Waals surface area (Å²) in [6.45, 7) is 3.85. The molecule has 0 unspecified atom stereocenters. The van der Waals surface area contributed by atoms with Crippen LogP contribution < -0.4 is 0 Å². The maximum Gasteiger partial charge on any atom is 0.305 e. The number of carboxylic acid groups (broad SMARTS) is 1. The van der Waals surface area contributed by atoms with Crippen LogP contribution in [0.2, 0.25) is 0 Å². The molecular formula is C9H13N3O3S. The Morgan fingerprint density at radius 2 is 2.25 bits per heavy atom. The van der Waals surface area contributed by atoms with E-state index in [1.165, 1.54) is 11.1 Å². The Bertz CT molecular complexity index is 364. The summed E-state index contributed by atoms with van der Waals surface area (Å²) < 4.78 is 7.59. The molecule has 0 saturated heterocycles. The first-order valence-corrected chi connectivity index (χ1v) is 5.55. The zero-order valence-electron chi connectivity index (χ0n) is 9.08. The number of nitrogens with zero attached hydrogens (tertiary/aromatic N) is 3. The minimum absolute atomic E-state index is 0.0615. The molecule has 1 aromatic heterocycles. The van der Waals surface area contributed by atoms with Gasteiger partial charge in [-0.2, -0.15) is 8.75 Å². The fourth-order valence-corrected chi connectivity index (χ4v) is 1.62. The van der Waals surface area contributed by atoms with Crippen LogP contribution in [0.25, 0.3) is 0 Å². The van der Waals surface area contributed by atoms with Gasteiger partial charge in [0, 0.05) is 12.6 Å². The van der Waals surface area contributed by atoms with Crippen molar-refractivity contribution >= 4 is 23.6 Å². The van der Waals surface area contributed by atoms with E-state index in [1.807, 2.05) is 13.8 Å². The van der Waals surface area contributed by atoms with Crippen molar-refractivity contribution in [3.05, 3.63) is 11.9 Å². The number of amides is 1. The highest BCUT2D eigenvalue weighted by Gasteiger charge is 2.21. The summed E-state index contributed by atoms with van der Waals surface area (Å²) in [7, 11) is 0. The molecule has 0 aromatic carbocycles. The Morgan fingerprint density at radius 1 is 1.56 bits per heavy atom. The first-order chi connectivity index (χ1) is 7.52. The first kappa shape index (κ1) is 12.6. The number of hydrogen-bond donors (Lipinski definition) is 1. The van der Waals surface area contributed by atoms with E-state index in [0.717, 1.165) is 11.7 Å². The number of aliphatic carboxylic acids is 1. The third kappa shape index (κ3) is 3.27. The van der Waals surface area contributed by atoms with Crippen molar-refractivity contribution in [2.24, 2.45) is 0 Å². The zero-order valence-corrected chi connectivity index (χ0v) is 9.90. The van der Waals surface area contributed by atoms with Crippen molar-refractivity contribution in [3.63, 3.8) is 0 Å². The van der Waals surface area contributed by atoms with E-state index in [2.05, 4.69) is 8.75 Å². The van der Waals surface area contributed by atoms with Gasteiger partial charge in [-0.15, -0.1) is 0 Å². The number of carbonyl (C=O) groups is 2. The molecule has 7 heteroatoms. The van der Waals surface area contributed by atoms with Gasteiger partial charge < -0.3 is 10.0 Å². The van der Waals surface area contributed by atoms with Gasteiger partial charge in [0.2, 0.25) is 0 Å². The molecule has 1 aromatic rings. The van der Waals surface area contributed by atoms with Gasteiger partial charge in [0.05, 0.1) is 24.3 Å². The van der Waals surface area contributed by atoms with Crippen LogP contribution >= 0.6 is 11.7 Å². The summed E-state index contributed by atoms with van der Waals surface area (Å²) in [5.41, 5.74) is 0.268. The highest BCUT2D eigenvalue weighted by molar-refractivity contribution is 6.99. The minimum atomic E-state index is -0.921. The quantitative estimate of drug-likeness (QED) is 0.829. The van der Waals surface area contributed by atoms with Gasteiger partial charge in [-0.3, -0.25) is 9.59 Å². The maximum absolute atomic E-state index is 11.9. The van der Waals surface area contributed by atoms with E-state index < -0.39 is 5.97 Å². The molecule has 0 aliphatic rings. The van der Waals surface area contributed by atoms with Gasteiger partial charge in [0.15, 0.2) is 5.69 Å². The molecule has 1 N–H and O–H groups in total. The van der Waals surface area contributed by atoms with Crippen LogP contribution in [0.3, 0.4) is 0 Å². The van der Waals surface area contributed by atoms with Crippen LogP contribution in [0.1, 0.15) is 30.8 Å². The molecule has 0 radical (unpaired) electrons. The molecule has 88 valence electrons. The molecule has 0 spiro atoms. The zero-order chi connectivity index (χ0) is 12.1. The second-order valence-corrected chi connectivity index (χ2v) is 4.09. The molecule has 1 rings (SSSR count). The predicted molar refractivity (Wildman–Crippen MR) is 58.3 cm³/mol. The van der Waals surface area contributed by atoms with Gasteiger partial charge in [0.25, 0.3) is 5.91 Å². The molecule has 1 amide bonds. The van der Waals surface area contributed by atoms with Crippen LogP contribution in [-0.4, -0.2) is 43.2 Å². The lowest BCUT2D eigenvalue weighted by atomic mass is 10.2. The molecular weight excluding hydrogens is 230 g/mol. The van der Waals surface area contributed by atoms with Crippen molar-refractivity contribution in [3.8, 4) is 0 Å². The summed E-state index contributed by atoms with van der Waals surface area (Å²) in [4.78, 5) is 23.8. The Kier molecular flexibility index (Phi) is 4.36. The summed E-state index contributed by atoms with van der Waals surface area (Å²) in [6, 6.07) is -0.0615. The molecule has 1 heterocycles. The number of carboxylic acids is 1. The average Bonchev–Trinajstić information content (AvgIpc) is 2.69. The van der Waals surface area contributed by atoms with Crippen molar-refractivity contribution < 1.29 is 14.7 Å². The van der Waals surface area contributed by atoms with Gasteiger partial charge in [0.1, 0.15) is 0 Å². The fourth-order valence-electron chi connectivity index (χ4n) is 1.22. The molecule has 16 heavy (non-hydrogen) atoms. The van der Waals surface area contributed by atoms with Crippen LogP contribution in [0, 0.1) is 0 Å². The molecule has 0 saturated carbocycles. The van der Waals surface area contributed by atoms with E-state index in [0.29, 0.717) is 0 Å². The molecule has 0 aliphatic heterocycles. The van der Waals surface area contributed by atoms with Gasteiger partial charge in [-0.05, 0) is 13.8 Å². The molecule has 0 fully saturated rings. The maximum atomic E-state index is 11.9. The summed E-state index contributed by atoms with van der Waals surface area (Å²) in [5, 5.41) is 8.59. The van der Waals surface area contributed by atoms with Gasteiger partial charge >= 0.3 is 5.97 Å². The number of carbonyl (C=O) groups excluding carboxylic acids is 1. The second kappa shape index (κ2) is 5.55. The topological polar surface area (TPSA) is 83.4 Å². The Morgan fingerprint density at radius 3 is 2.69 bits per heavy atom. The Balaban J connectivity index is 2.70. The average molecular weight is 243 g/mol. The number of rotatable bonds is 5. The summed E-state index contributed by atoms with van der Waals surface area (Å²) in [6.07, 6.45) is 1.32. The van der Waals surface area contributed by atoms with Crippen LogP contribution in [-0.2, 0) is 4.79 Å². The standard InChI is InChI=1S/C9H13N3O3S/c1-6(2)12(4-3-8(13)14)9(15)7-5-10-16-11-7/h5-6H,3-4H2,1-2H3,(H,13,14). The van der Waals surface area contributed by atoms with E-state index in [-0.39, 0.29) is 30.6 Å². The van der Waals surface area contributed by atoms with E-state index in [1.54, 1.807) is 0 Å². The lowest BCUT2D eigenvalue weighted by Gasteiger charge is -2.25. The largest absolute Gasteiger partial charge is 0.481 e. The SMILES string of the molecule is CC(C)N(CCC(=O)O)C(=O)c1cnsn1. The Hall–Kier alpha value is -1.50. The van der Waals surface area contributed by atoms with Crippen molar-refractivity contribution in [1.82, 2.24) is 13.6 Å². The van der Waals surface area contributed by atoms with Crippen molar-refractivity contribution in [2.45, 2.75) is 26.3 Å². The molecule has 0 aliphatic carbocycles. The third-order valence-corrected chi connectivity index (χ3v) is 2.51. The highest BCUT2D eigenvalue weighted by atomic mass is 32.1. The fraction of sp³-hybridized carbons (Fsp3) is 0.556. The van der Waals surface area contributed by atoms with E-state index in [4.69, 9.17) is 5.11 Å². The second-order valence-electron chi connectivity index (χ2n) is 3.53. The van der Waals surface area contributed by atoms with Crippen LogP contribution in [0.15, 0.2) is 6.20 Å². The number of aromatic nitrogens is 2. The van der Waals surface area contributed by atoms with Gasteiger partial charge in [-0.1, -0.05) is 0 Å². The normalized spacial score (nSPS) is 10.4. The molecule has 6 nitrogen and oxygen atoms in total. The lowest BCUT2D eigenvalue weighted by Crippen LogP contribution is -2.38. The van der Waals surface area contributed by atoms with E-state index >= 15 is 0 Å². The third-order valence-electron chi connectivity index (χ3n) is 2.03. The smallest absolute Gasteiger partial charge is 0.305 e. The van der Waals surface area contributed by atoms with E-state index in [9.17, 15) is 9.59 Å². The Labute approximate surface area is 97.2 Å². The molecule has 0 bridgehead atoms. The monoisotopic (exact) mass is 243 g/mol. The minimum Gasteiger partial charge on any atom is -0.481 e. The lowest BCUT2D eigenvalue weighted by molar-refractivity contribution is -0.137. The predicted octanol–water partition coefficient (Wildman–Crippen LogP) is 0.863. The van der Waals surface area contributed by atoms with Crippen LogP contribution in [0.5, 0.6) is 0 Å².